The zero-order valence-electron chi connectivity index (χ0n) is 12.3. The molecule has 0 saturated heterocycles. The van der Waals surface area contributed by atoms with Crippen LogP contribution in [0.15, 0.2) is 40.8 Å². The standard InChI is InChI=1S/C15H20N4OS/c1-16-15(17-8-7-13-4-3-9-21-13)19-11-12-5-6-14(20-2)18-10-12/h3-6,9-10H,7-8,11H2,1-2H3,(H2,16,17,19). The van der Waals surface area contributed by atoms with E-state index in [0.29, 0.717) is 12.4 Å². The monoisotopic (exact) mass is 304 g/mol. The van der Waals surface area contributed by atoms with Crippen LogP contribution in [-0.4, -0.2) is 31.6 Å². The molecule has 0 aliphatic rings. The Kier molecular flexibility index (Phi) is 6.02. The van der Waals surface area contributed by atoms with Crippen molar-refractivity contribution in [1.29, 1.82) is 0 Å². The molecule has 2 rings (SSSR count). The molecule has 2 aromatic heterocycles. The van der Waals surface area contributed by atoms with Crippen molar-refractivity contribution in [3.8, 4) is 5.88 Å². The van der Waals surface area contributed by atoms with Gasteiger partial charge in [-0.15, -0.1) is 11.3 Å². The first-order chi connectivity index (χ1) is 10.3. The van der Waals surface area contributed by atoms with E-state index in [0.717, 1.165) is 24.5 Å². The molecule has 21 heavy (non-hydrogen) atoms. The van der Waals surface area contributed by atoms with E-state index in [1.54, 1.807) is 31.7 Å². The third kappa shape index (κ3) is 5.07. The topological polar surface area (TPSA) is 58.5 Å². The highest BCUT2D eigenvalue weighted by molar-refractivity contribution is 7.09. The predicted octanol–water partition coefficient (Wildman–Crippen LogP) is 2.06. The van der Waals surface area contributed by atoms with Crippen molar-refractivity contribution >= 4 is 17.3 Å². The third-order valence-electron chi connectivity index (χ3n) is 2.93. The van der Waals surface area contributed by atoms with E-state index >= 15 is 0 Å². The minimum Gasteiger partial charge on any atom is -0.481 e. The number of ether oxygens (including phenoxy) is 1. The average molecular weight is 304 g/mol. The molecular formula is C15H20N4OS. The van der Waals surface area contributed by atoms with Gasteiger partial charge in [0.15, 0.2) is 5.96 Å². The summed E-state index contributed by atoms with van der Waals surface area (Å²) < 4.78 is 5.04. The van der Waals surface area contributed by atoms with Crippen LogP contribution in [0.25, 0.3) is 0 Å². The summed E-state index contributed by atoms with van der Waals surface area (Å²) in [6.07, 6.45) is 2.80. The van der Waals surface area contributed by atoms with E-state index < -0.39 is 0 Å². The quantitative estimate of drug-likeness (QED) is 0.633. The average Bonchev–Trinajstić information content (AvgIpc) is 3.04. The van der Waals surface area contributed by atoms with Gasteiger partial charge < -0.3 is 15.4 Å². The molecule has 0 unspecified atom stereocenters. The van der Waals surface area contributed by atoms with Gasteiger partial charge in [-0.05, 0) is 23.4 Å². The summed E-state index contributed by atoms with van der Waals surface area (Å²) in [7, 11) is 3.38. The minimum absolute atomic E-state index is 0.622. The van der Waals surface area contributed by atoms with Crippen LogP contribution in [-0.2, 0) is 13.0 Å². The number of methoxy groups -OCH3 is 1. The Labute approximate surface area is 129 Å². The zero-order valence-corrected chi connectivity index (χ0v) is 13.1. The van der Waals surface area contributed by atoms with Crippen LogP contribution in [0.5, 0.6) is 5.88 Å². The lowest BCUT2D eigenvalue weighted by molar-refractivity contribution is 0.397. The summed E-state index contributed by atoms with van der Waals surface area (Å²) in [5, 5.41) is 8.66. The van der Waals surface area contributed by atoms with Crippen LogP contribution in [0.3, 0.4) is 0 Å². The van der Waals surface area contributed by atoms with Gasteiger partial charge in [0.25, 0.3) is 0 Å². The first-order valence-corrected chi connectivity index (χ1v) is 7.65. The van der Waals surface area contributed by atoms with E-state index in [4.69, 9.17) is 4.74 Å². The lowest BCUT2D eigenvalue weighted by atomic mass is 10.3. The maximum Gasteiger partial charge on any atom is 0.212 e. The number of nitrogens with zero attached hydrogens (tertiary/aromatic N) is 2. The molecule has 5 nitrogen and oxygen atoms in total. The van der Waals surface area contributed by atoms with Crippen molar-refractivity contribution < 1.29 is 4.74 Å². The van der Waals surface area contributed by atoms with Crippen LogP contribution in [0, 0.1) is 0 Å². The molecule has 0 bridgehead atoms. The number of rotatable bonds is 6. The smallest absolute Gasteiger partial charge is 0.212 e. The number of hydrogen-bond acceptors (Lipinski definition) is 4. The van der Waals surface area contributed by atoms with Gasteiger partial charge in [0, 0.05) is 37.3 Å². The Bertz CT molecular complexity index is 552. The molecule has 0 fully saturated rings. The number of thiophene rings is 1. The van der Waals surface area contributed by atoms with Gasteiger partial charge in [-0.3, -0.25) is 4.99 Å². The van der Waals surface area contributed by atoms with Crippen LogP contribution in [0.2, 0.25) is 0 Å². The molecule has 2 aromatic rings. The second-order valence-electron chi connectivity index (χ2n) is 4.39. The van der Waals surface area contributed by atoms with Crippen molar-refractivity contribution in [2.45, 2.75) is 13.0 Å². The van der Waals surface area contributed by atoms with E-state index in [-0.39, 0.29) is 0 Å². The van der Waals surface area contributed by atoms with Crippen molar-refractivity contribution in [2.75, 3.05) is 20.7 Å². The molecule has 0 atom stereocenters. The zero-order chi connectivity index (χ0) is 14.9. The van der Waals surface area contributed by atoms with Gasteiger partial charge in [0.05, 0.1) is 7.11 Å². The highest BCUT2D eigenvalue weighted by Gasteiger charge is 2.00. The van der Waals surface area contributed by atoms with Crippen molar-refractivity contribution in [3.05, 3.63) is 46.3 Å². The van der Waals surface area contributed by atoms with E-state index in [1.165, 1.54) is 4.88 Å². The van der Waals surface area contributed by atoms with Crippen molar-refractivity contribution in [2.24, 2.45) is 4.99 Å². The van der Waals surface area contributed by atoms with Crippen molar-refractivity contribution in [1.82, 2.24) is 15.6 Å². The van der Waals surface area contributed by atoms with Crippen molar-refractivity contribution in [3.63, 3.8) is 0 Å². The molecule has 6 heteroatoms. The largest absolute Gasteiger partial charge is 0.481 e. The summed E-state index contributed by atoms with van der Waals surface area (Å²) in [5.41, 5.74) is 1.08. The summed E-state index contributed by atoms with van der Waals surface area (Å²) >= 11 is 1.78. The Morgan fingerprint density at radius 3 is 2.86 bits per heavy atom. The highest BCUT2D eigenvalue weighted by Crippen LogP contribution is 2.08. The summed E-state index contributed by atoms with van der Waals surface area (Å²) in [4.78, 5) is 9.76. The van der Waals surface area contributed by atoms with Gasteiger partial charge in [-0.2, -0.15) is 0 Å². The van der Waals surface area contributed by atoms with Crippen LogP contribution in [0.1, 0.15) is 10.4 Å². The number of pyridine rings is 1. The Morgan fingerprint density at radius 2 is 2.24 bits per heavy atom. The Balaban J connectivity index is 1.74. The van der Waals surface area contributed by atoms with Gasteiger partial charge in [-0.1, -0.05) is 12.1 Å². The summed E-state index contributed by atoms with van der Waals surface area (Å²) in [6, 6.07) is 8.05. The molecule has 2 heterocycles. The number of guanidine groups is 1. The number of aliphatic imine (C=N–C) groups is 1. The molecule has 0 spiro atoms. The van der Waals surface area contributed by atoms with Crippen LogP contribution in [0.4, 0.5) is 0 Å². The SMILES string of the molecule is CN=C(NCCc1cccs1)NCc1ccc(OC)nc1. The van der Waals surface area contributed by atoms with Gasteiger partial charge in [-0.25, -0.2) is 4.98 Å². The lowest BCUT2D eigenvalue weighted by Gasteiger charge is -2.11. The summed E-state index contributed by atoms with van der Waals surface area (Å²) in [6.45, 7) is 1.54. The molecule has 0 aromatic carbocycles. The fraction of sp³-hybridized carbons (Fsp3) is 0.333. The predicted molar refractivity (Wildman–Crippen MR) is 87.0 cm³/mol. The fourth-order valence-electron chi connectivity index (χ4n) is 1.80. The second kappa shape index (κ2) is 8.26. The second-order valence-corrected chi connectivity index (χ2v) is 5.42. The molecule has 0 amide bonds. The molecule has 0 radical (unpaired) electrons. The highest BCUT2D eigenvalue weighted by atomic mass is 32.1. The fourth-order valence-corrected chi connectivity index (χ4v) is 2.51. The van der Waals surface area contributed by atoms with Gasteiger partial charge >= 0.3 is 0 Å². The number of hydrogen-bond donors (Lipinski definition) is 2. The first kappa shape index (κ1) is 15.3. The van der Waals surface area contributed by atoms with E-state index in [1.807, 2.05) is 12.1 Å². The lowest BCUT2D eigenvalue weighted by Crippen LogP contribution is -2.37. The molecule has 0 aliphatic carbocycles. The normalized spacial score (nSPS) is 11.2. The molecule has 0 aliphatic heterocycles. The van der Waals surface area contributed by atoms with E-state index in [2.05, 4.69) is 38.1 Å². The Hall–Kier alpha value is -2.08. The number of aromatic nitrogens is 1. The first-order valence-electron chi connectivity index (χ1n) is 6.77. The van der Waals surface area contributed by atoms with Crippen LogP contribution >= 0.6 is 11.3 Å². The summed E-state index contributed by atoms with van der Waals surface area (Å²) in [5.74, 6) is 1.42. The van der Waals surface area contributed by atoms with Gasteiger partial charge in [0.1, 0.15) is 0 Å². The minimum atomic E-state index is 0.622. The van der Waals surface area contributed by atoms with E-state index in [9.17, 15) is 0 Å². The maximum atomic E-state index is 5.04. The van der Waals surface area contributed by atoms with Crippen LogP contribution < -0.4 is 15.4 Å². The molecule has 112 valence electrons. The third-order valence-corrected chi connectivity index (χ3v) is 3.87. The molecule has 0 saturated carbocycles. The maximum absolute atomic E-state index is 5.04. The Morgan fingerprint density at radius 1 is 1.33 bits per heavy atom. The molecular weight excluding hydrogens is 284 g/mol. The molecule has 2 N–H and O–H groups in total. The van der Waals surface area contributed by atoms with Gasteiger partial charge in [0.2, 0.25) is 5.88 Å². The number of nitrogens with one attached hydrogen (secondary N) is 2.